The summed E-state index contributed by atoms with van der Waals surface area (Å²) in [5.74, 6) is 0.674. The fourth-order valence-corrected chi connectivity index (χ4v) is 4.35. The van der Waals surface area contributed by atoms with Gasteiger partial charge >= 0.3 is 5.69 Å². The van der Waals surface area contributed by atoms with Crippen molar-refractivity contribution < 1.29 is 4.79 Å². The van der Waals surface area contributed by atoms with E-state index in [2.05, 4.69) is 37.1 Å². The third-order valence-corrected chi connectivity index (χ3v) is 6.29. The van der Waals surface area contributed by atoms with Crippen molar-refractivity contribution in [1.82, 2.24) is 33.6 Å². The van der Waals surface area contributed by atoms with Gasteiger partial charge in [-0.15, -0.1) is 12.4 Å². The summed E-state index contributed by atoms with van der Waals surface area (Å²) in [5, 5.41) is 2.75. The minimum Gasteiger partial charge on any atom is -0.338 e. The number of nitrogens with zero attached hydrogens (tertiary/aromatic N) is 8. The molecule has 5 heterocycles. The smallest absolute Gasteiger partial charge is 0.332 e. The van der Waals surface area contributed by atoms with Crippen LogP contribution in [0, 0.1) is 0 Å². The summed E-state index contributed by atoms with van der Waals surface area (Å²) in [7, 11) is 2.91. The number of anilines is 2. The molecule has 0 saturated carbocycles. The maximum Gasteiger partial charge on any atom is 0.332 e. The predicted molar refractivity (Wildman–Crippen MR) is 137 cm³/mol. The van der Waals surface area contributed by atoms with E-state index in [4.69, 9.17) is 0 Å². The average Bonchev–Trinajstić information content (AvgIpc) is 3.48. The second-order valence-corrected chi connectivity index (χ2v) is 8.66. The molecule has 1 N–H and O–H groups in total. The van der Waals surface area contributed by atoms with E-state index in [1.807, 2.05) is 6.07 Å². The molecular weight excluding hydrogens is 486 g/mol. The number of fused-ring (bicyclic) bond motifs is 1. The molecule has 1 fully saturated rings. The van der Waals surface area contributed by atoms with Crippen LogP contribution in [0.2, 0.25) is 0 Å². The van der Waals surface area contributed by atoms with Crippen LogP contribution in [0.1, 0.15) is 19.8 Å². The van der Waals surface area contributed by atoms with Crippen molar-refractivity contribution in [3.8, 4) is 11.3 Å². The zero-order valence-electron chi connectivity index (χ0n) is 20.1. The maximum atomic E-state index is 12.7. The summed E-state index contributed by atoms with van der Waals surface area (Å²) in [6, 6.07) is 5.71. The van der Waals surface area contributed by atoms with Crippen LogP contribution in [0.25, 0.3) is 22.4 Å². The Morgan fingerprint density at radius 2 is 1.86 bits per heavy atom. The Kier molecular flexibility index (Phi) is 6.88. The SMILES string of the molecule is C[C@@H]1CCCN1c1ncc(-c2cccc(NC(=O)Cn3cnc4c3c(=O)n(C)c(=O)n4C)n2)cn1.Cl. The number of hydrogen-bond donors (Lipinski definition) is 1. The van der Waals surface area contributed by atoms with Crippen LogP contribution in [0.5, 0.6) is 0 Å². The van der Waals surface area contributed by atoms with Crippen molar-refractivity contribution in [3.05, 3.63) is 57.8 Å². The minimum absolute atomic E-state index is 0. The van der Waals surface area contributed by atoms with Gasteiger partial charge in [0.1, 0.15) is 12.4 Å². The van der Waals surface area contributed by atoms with Gasteiger partial charge in [-0.05, 0) is 31.9 Å². The number of carbonyl (C=O) groups excluding carboxylic acids is 1. The predicted octanol–water partition coefficient (Wildman–Crippen LogP) is 1.33. The lowest BCUT2D eigenvalue weighted by atomic mass is 10.2. The highest BCUT2D eigenvalue weighted by atomic mass is 35.5. The summed E-state index contributed by atoms with van der Waals surface area (Å²) in [6.45, 7) is 2.96. The Morgan fingerprint density at radius 3 is 2.56 bits per heavy atom. The van der Waals surface area contributed by atoms with Gasteiger partial charge in [0.15, 0.2) is 11.2 Å². The van der Waals surface area contributed by atoms with E-state index in [9.17, 15) is 14.4 Å². The monoisotopic (exact) mass is 511 g/mol. The Hall–Kier alpha value is -4.06. The molecule has 0 unspecified atom stereocenters. The van der Waals surface area contributed by atoms with Crippen LogP contribution in [0.3, 0.4) is 0 Å². The lowest BCUT2D eigenvalue weighted by Crippen LogP contribution is -2.37. The van der Waals surface area contributed by atoms with Gasteiger partial charge in [-0.25, -0.2) is 24.7 Å². The van der Waals surface area contributed by atoms with E-state index >= 15 is 0 Å². The first-order valence-corrected chi connectivity index (χ1v) is 11.3. The molecule has 4 aromatic rings. The first-order valence-electron chi connectivity index (χ1n) is 11.3. The molecule has 1 saturated heterocycles. The molecule has 5 rings (SSSR count). The van der Waals surface area contributed by atoms with Gasteiger partial charge in [0.2, 0.25) is 11.9 Å². The zero-order valence-corrected chi connectivity index (χ0v) is 20.9. The highest BCUT2D eigenvalue weighted by Crippen LogP contribution is 2.23. The van der Waals surface area contributed by atoms with Gasteiger partial charge in [-0.3, -0.25) is 18.7 Å². The number of aryl methyl sites for hydroxylation is 1. The van der Waals surface area contributed by atoms with Crippen molar-refractivity contribution in [2.24, 2.45) is 14.1 Å². The van der Waals surface area contributed by atoms with Crippen molar-refractivity contribution in [2.45, 2.75) is 32.4 Å². The van der Waals surface area contributed by atoms with E-state index in [0.29, 0.717) is 23.5 Å². The molecule has 1 amide bonds. The number of aromatic nitrogens is 7. The molecule has 1 aliphatic heterocycles. The van der Waals surface area contributed by atoms with E-state index < -0.39 is 11.2 Å². The van der Waals surface area contributed by atoms with Gasteiger partial charge in [-0.1, -0.05) is 6.07 Å². The zero-order chi connectivity index (χ0) is 24.7. The molecule has 36 heavy (non-hydrogen) atoms. The fraction of sp³-hybridized carbons (Fsp3) is 0.348. The summed E-state index contributed by atoms with van der Waals surface area (Å²) >= 11 is 0. The van der Waals surface area contributed by atoms with Crippen LogP contribution in [-0.2, 0) is 25.4 Å². The van der Waals surface area contributed by atoms with Crippen molar-refractivity contribution in [3.63, 3.8) is 0 Å². The number of rotatable bonds is 5. The standard InChI is InChI=1S/C23H25N9O3.ClH/c1-14-6-5-9-32(14)22-24-10-15(11-25-22)16-7-4-8-17(27-16)28-18(33)12-31-13-26-20-19(31)21(34)30(3)23(35)29(20)2;/h4,7-8,10-11,13-14H,5-6,9,12H2,1-3H3,(H,27,28,33);1H/t14-;/m1./s1. The first-order chi connectivity index (χ1) is 16.8. The lowest BCUT2D eigenvalue weighted by molar-refractivity contribution is -0.116. The minimum atomic E-state index is -0.514. The largest absolute Gasteiger partial charge is 0.338 e. The summed E-state index contributed by atoms with van der Waals surface area (Å²) in [4.78, 5) is 57.3. The van der Waals surface area contributed by atoms with Crippen molar-refractivity contribution in [2.75, 3.05) is 16.8 Å². The van der Waals surface area contributed by atoms with Gasteiger partial charge in [0, 0.05) is 44.6 Å². The molecule has 1 atom stereocenters. The van der Waals surface area contributed by atoms with E-state index in [1.54, 1.807) is 24.5 Å². The number of carbonyl (C=O) groups is 1. The Balaban J connectivity index is 0.00000304. The van der Waals surface area contributed by atoms with Crippen LogP contribution >= 0.6 is 12.4 Å². The molecule has 188 valence electrons. The van der Waals surface area contributed by atoms with Gasteiger partial charge in [-0.2, -0.15) is 0 Å². The highest BCUT2D eigenvalue weighted by Gasteiger charge is 2.22. The highest BCUT2D eigenvalue weighted by molar-refractivity contribution is 5.90. The Morgan fingerprint density at radius 1 is 1.11 bits per heavy atom. The Labute approximate surface area is 212 Å². The average molecular weight is 512 g/mol. The van der Waals surface area contributed by atoms with E-state index in [0.717, 1.165) is 29.5 Å². The third kappa shape index (κ3) is 4.47. The van der Waals surface area contributed by atoms with Crippen LogP contribution in [-0.4, -0.2) is 52.1 Å². The van der Waals surface area contributed by atoms with Gasteiger partial charge in [0.25, 0.3) is 5.56 Å². The second-order valence-electron chi connectivity index (χ2n) is 8.66. The number of halogens is 1. The number of pyridine rings is 1. The molecular formula is C23H26ClN9O3. The fourth-order valence-electron chi connectivity index (χ4n) is 4.35. The van der Waals surface area contributed by atoms with Crippen LogP contribution < -0.4 is 21.5 Å². The van der Waals surface area contributed by atoms with Crippen molar-refractivity contribution >= 4 is 41.2 Å². The van der Waals surface area contributed by atoms with Crippen LogP contribution in [0.15, 0.2) is 46.5 Å². The lowest BCUT2D eigenvalue weighted by Gasteiger charge is -2.20. The number of imidazole rings is 1. The number of nitrogens with one attached hydrogen (secondary N) is 1. The second kappa shape index (κ2) is 9.90. The normalized spacial score (nSPS) is 15.2. The van der Waals surface area contributed by atoms with Gasteiger partial charge < -0.3 is 14.8 Å². The molecule has 12 nitrogen and oxygen atoms in total. The quantitative estimate of drug-likeness (QED) is 0.424. The molecule has 0 aromatic carbocycles. The number of hydrogen-bond acceptors (Lipinski definition) is 8. The molecule has 0 aliphatic carbocycles. The summed E-state index contributed by atoms with van der Waals surface area (Å²) in [5.41, 5.74) is 0.766. The Bertz CT molecular complexity index is 1540. The van der Waals surface area contributed by atoms with E-state index in [-0.39, 0.29) is 36.0 Å². The molecule has 4 aromatic heterocycles. The first kappa shape index (κ1) is 25.0. The molecule has 1 aliphatic rings. The van der Waals surface area contributed by atoms with Gasteiger partial charge in [0.05, 0.1) is 12.0 Å². The summed E-state index contributed by atoms with van der Waals surface area (Å²) in [6.07, 6.45) is 7.11. The molecule has 0 radical (unpaired) electrons. The van der Waals surface area contributed by atoms with Crippen molar-refractivity contribution in [1.29, 1.82) is 0 Å². The molecule has 13 heteroatoms. The summed E-state index contributed by atoms with van der Waals surface area (Å²) < 4.78 is 3.68. The third-order valence-electron chi connectivity index (χ3n) is 6.29. The molecule has 0 spiro atoms. The maximum absolute atomic E-state index is 12.7. The number of amides is 1. The topological polar surface area (TPSA) is 133 Å². The van der Waals surface area contributed by atoms with Crippen LogP contribution in [0.4, 0.5) is 11.8 Å². The molecule has 0 bridgehead atoms. The van der Waals surface area contributed by atoms with E-state index in [1.165, 1.54) is 29.6 Å².